The maximum absolute atomic E-state index is 13.1. The van der Waals surface area contributed by atoms with Crippen LogP contribution in [0, 0.1) is 5.82 Å². The molecule has 94 valence electrons. The topological polar surface area (TPSA) is 50.4 Å². The van der Waals surface area contributed by atoms with Gasteiger partial charge in [-0.3, -0.25) is 0 Å². The van der Waals surface area contributed by atoms with Crippen LogP contribution in [0.2, 0.25) is 0 Å². The first kappa shape index (κ1) is 13.3. The molecule has 0 saturated carbocycles. The molecule has 2 amide bonds. The van der Waals surface area contributed by atoms with Gasteiger partial charge in [-0.2, -0.15) is 0 Å². The summed E-state index contributed by atoms with van der Waals surface area (Å²) in [5.41, 5.74) is 0.152. The Morgan fingerprint density at radius 1 is 1.35 bits per heavy atom. The lowest BCUT2D eigenvalue weighted by Crippen LogP contribution is -2.43. The number of carbonyl (C=O) groups is 1. The Kier molecular flexibility index (Phi) is 3.93. The minimum atomic E-state index is -0.464. The van der Waals surface area contributed by atoms with E-state index in [1.807, 2.05) is 20.8 Å². The van der Waals surface area contributed by atoms with Gasteiger partial charge in [-0.05, 0) is 32.9 Å². The van der Waals surface area contributed by atoms with E-state index in [1.165, 1.54) is 25.3 Å². The van der Waals surface area contributed by atoms with Crippen LogP contribution in [0.3, 0.4) is 0 Å². The molecule has 1 rings (SSSR count). The molecule has 0 aliphatic carbocycles. The van der Waals surface area contributed by atoms with E-state index < -0.39 is 5.82 Å². The average Bonchev–Trinajstić information content (AvgIpc) is 2.18. The van der Waals surface area contributed by atoms with Gasteiger partial charge in [-0.25, -0.2) is 9.18 Å². The summed E-state index contributed by atoms with van der Waals surface area (Å²) in [5, 5.41) is 5.34. The number of benzene rings is 1. The van der Waals surface area contributed by atoms with Gasteiger partial charge in [0.15, 0.2) is 11.6 Å². The Labute approximate surface area is 100 Å². The highest BCUT2D eigenvalue weighted by Crippen LogP contribution is 2.21. The van der Waals surface area contributed by atoms with E-state index >= 15 is 0 Å². The molecular formula is C12H17FN2O2. The molecule has 2 N–H and O–H groups in total. The molecule has 0 heterocycles. The fraction of sp³-hybridized carbons (Fsp3) is 0.417. The predicted octanol–water partition coefficient (Wildman–Crippen LogP) is 2.75. The maximum atomic E-state index is 13.1. The van der Waals surface area contributed by atoms with Crippen LogP contribution in [0.15, 0.2) is 18.2 Å². The Hall–Kier alpha value is -1.78. The van der Waals surface area contributed by atoms with Gasteiger partial charge >= 0.3 is 6.03 Å². The standard InChI is InChI=1S/C12H17FN2O2/c1-12(2,3)15-11(16)14-8-5-6-9(13)10(7-8)17-4/h5-7H,1-4H3,(H2,14,15,16). The van der Waals surface area contributed by atoms with Gasteiger partial charge in [0.05, 0.1) is 7.11 Å². The highest BCUT2D eigenvalue weighted by molar-refractivity contribution is 5.89. The zero-order chi connectivity index (χ0) is 13.1. The molecule has 1 aromatic rings. The third-order valence-electron chi connectivity index (χ3n) is 1.90. The molecule has 17 heavy (non-hydrogen) atoms. The lowest BCUT2D eigenvalue weighted by Gasteiger charge is -2.20. The SMILES string of the molecule is COc1cc(NC(=O)NC(C)(C)C)ccc1F. The molecule has 1 aromatic carbocycles. The summed E-state index contributed by atoms with van der Waals surface area (Å²) in [6.45, 7) is 5.62. The lowest BCUT2D eigenvalue weighted by molar-refractivity contribution is 0.244. The molecule has 0 aliphatic heterocycles. The van der Waals surface area contributed by atoms with Crippen molar-refractivity contribution in [3.63, 3.8) is 0 Å². The Morgan fingerprint density at radius 3 is 2.53 bits per heavy atom. The Balaban J connectivity index is 2.72. The van der Waals surface area contributed by atoms with Crippen LogP contribution in [0.25, 0.3) is 0 Å². The van der Waals surface area contributed by atoms with Crippen molar-refractivity contribution in [2.75, 3.05) is 12.4 Å². The third kappa shape index (κ3) is 4.30. The molecule has 0 saturated heterocycles. The summed E-state index contributed by atoms with van der Waals surface area (Å²) >= 11 is 0. The highest BCUT2D eigenvalue weighted by atomic mass is 19.1. The number of amides is 2. The van der Waals surface area contributed by atoms with E-state index in [2.05, 4.69) is 10.6 Å². The molecule has 0 spiro atoms. The molecule has 0 bridgehead atoms. The maximum Gasteiger partial charge on any atom is 0.319 e. The van der Waals surface area contributed by atoms with E-state index in [9.17, 15) is 9.18 Å². The first-order chi connectivity index (χ1) is 7.81. The molecule has 0 aliphatic rings. The van der Waals surface area contributed by atoms with Crippen LogP contribution in [0.1, 0.15) is 20.8 Å². The second kappa shape index (κ2) is 5.03. The lowest BCUT2D eigenvalue weighted by atomic mass is 10.1. The van der Waals surface area contributed by atoms with E-state index in [1.54, 1.807) is 0 Å². The summed E-state index contributed by atoms with van der Waals surface area (Å²) in [5.74, 6) is -0.368. The minimum Gasteiger partial charge on any atom is -0.494 e. The van der Waals surface area contributed by atoms with E-state index in [0.717, 1.165) is 0 Å². The van der Waals surface area contributed by atoms with Crippen LogP contribution in [-0.2, 0) is 0 Å². The summed E-state index contributed by atoms with van der Waals surface area (Å²) in [4.78, 5) is 11.6. The zero-order valence-corrected chi connectivity index (χ0v) is 10.4. The molecule has 4 nitrogen and oxygen atoms in total. The van der Waals surface area contributed by atoms with Crippen molar-refractivity contribution in [1.29, 1.82) is 0 Å². The smallest absolute Gasteiger partial charge is 0.319 e. The normalized spacial score (nSPS) is 10.9. The monoisotopic (exact) mass is 240 g/mol. The van der Waals surface area contributed by atoms with E-state index in [4.69, 9.17) is 4.74 Å². The number of hydrogen-bond donors (Lipinski definition) is 2. The number of urea groups is 1. The molecule has 5 heteroatoms. The second-order valence-electron chi connectivity index (χ2n) is 4.68. The zero-order valence-electron chi connectivity index (χ0n) is 10.4. The Bertz CT molecular complexity index is 413. The summed E-state index contributed by atoms with van der Waals surface area (Å²) in [7, 11) is 1.37. The summed E-state index contributed by atoms with van der Waals surface area (Å²) < 4.78 is 17.9. The number of hydrogen-bond acceptors (Lipinski definition) is 2. The molecule has 0 aromatic heterocycles. The fourth-order valence-electron chi connectivity index (χ4n) is 1.24. The van der Waals surface area contributed by atoms with Crippen molar-refractivity contribution >= 4 is 11.7 Å². The van der Waals surface area contributed by atoms with Gasteiger partial charge in [0, 0.05) is 17.3 Å². The molecule has 0 atom stereocenters. The average molecular weight is 240 g/mol. The number of nitrogens with one attached hydrogen (secondary N) is 2. The van der Waals surface area contributed by atoms with E-state index in [-0.39, 0.29) is 17.3 Å². The first-order valence-electron chi connectivity index (χ1n) is 5.24. The first-order valence-corrected chi connectivity index (χ1v) is 5.24. The van der Waals surface area contributed by atoms with Gasteiger partial charge in [-0.15, -0.1) is 0 Å². The number of carbonyl (C=O) groups excluding carboxylic acids is 1. The number of rotatable bonds is 2. The van der Waals surface area contributed by atoms with Crippen LogP contribution in [0.5, 0.6) is 5.75 Å². The third-order valence-corrected chi connectivity index (χ3v) is 1.90. The van der Waals surface area contributed by atoms with Gasteiger partial charge in [0.1, 0.15) is 0 Å². The number of anilines is 1. The van der Waals surface area contributed by atoms with Crippen LogP contribution < -0.4 is 15.4 Å². The van der Waals surface area contributed by atoms with Crippen LogP contribution in [0.4, 0.5) is 14.9 Å². The largest absolute Gasteiger partial charge is 0.494 e. The van der Waals surface area contributed by atoms with E-state index in [0.29, 0.717) is 5.69 Å². The molecule has 0 unspecified atom stereocenters. The van der Waals surface area contributed by atoms with Crippen molar-refractivity contribution in [3.05, 3.63) is 24.0 Å². The number of ether oxygens (including phenoxy) is 1. The number of methoxy groups -OCH3 is 1. The van der Waals surface area contributed by atoms with Gasteiger partial charge in [-0.1, -0.05) is 0 Å². The quantitative estimate of drug-likeness (QED) is 0.835. The molecular weight excluding hydrogens is 223 g/mol. The van der Waals surface area contributed by atoms with Crippen molar-refractivity contribution in [3.8, 4) is 5.75 Å². The van der Waals surface area contributed by atoms with Crippen molar-refractivity contribution in [1.82, 2.24) is 5.32 Å². The molecule has 0 radical (unpaired) electrons. The van der Waals surface area contributed by atoms with Crippen molar-refractivity contribution in [2.24, 2.45) is 0 Å². The van der Waals surface area contributed by atoms with Crippen molar-refractivity contribution in [2.45, 2.75) is 26.3 Å². The van der Waals surface area contributed by atoms with Gasteiger partial charge in [0.25, 0.3) is 0 Å². The minimum absolute atomic E-state index is 0.0959. The second-order valence-corrected chi connectivity index (χ2v) is 4.68. The van der Waals surface area contributed by atoms with Crippen LogP contribution in [-0.4, -0.2) is 18.7 Å². The highest BCUT2D eigenvalue weighted by Gasteiger charge is 2.14. The summed E-state index contributed by atoms with van der Waals surface area (Å²) in [6, 6.07) is 3.80. The predicted molar refractivity (Wildman–Crippen MR) is 64.9 cm³/mol. The van der Waals surface area contributed by atoms with Crippen molar-refractivity contribution < 1.29 is 13.9 Å². The van der Waals surface area contributed by atoms with Gasteiger partial charge < -0.3 is 15.4 Å². The number of halogens is 1. The summed E-state index contributed by atoms with van der Waals surface area (Å²) in [6.07, 6.45) is 0. The Morgan fingerprint density at radius 2 is 2.00 bits per heavy atom. The molecule has 0 fully saturated rings. The van der Waals surface area contributed by atoms with Crippen LogP contribution >= 0.6 is 0 Å². The fourth-order valence-corrected chi connectivity index (χ4v) is 1.24. The van der Waals surface area contributed by atoms with Gasteiger partial charge in [0.2, 0.25) is 0 Å².